The summed E-state index contributed by atoms with van der Waals surface area (Å²) in [6.07, 6.45) is 3.98. The molecule has 2 unspecified atom stereocenters. The third-order valence-electron chi connectivity index (χ3n) is 12.0. The second-order valence-electron chi connectivity index (χ2n) is 20.4. The van der Waals surface area contributed by atoms with Crippen molar-refractivity contribution in [1.82, 2.24) is 29.9 Å². The van der Waals surface area contributed by atoms with Gasteiger partial charge in [-0.05, 0) is 68.4 Å². The van der Waals surface area contributed by atoms with E-state index >= 15 is 4.39 Å². The van der Waals surface area contributed by atoms with Crippen molar-refractivity contribution in [3.63, 3.8) is 0 Å². The largest absolute Gasteiger partial charge is 0.480 e. The van der Waals surface area contributed by atoms with Crippen LogP contribution < -0.4 is 10.6 Å². The number of amides is 6. The fourth-order valence-corrected chi connectivity index (χ4v) is 9.40. The minimum Gasteiger partial charge on any atom is -0.480 e. The van der Waals surface area contributed by atoms with Crippen LogP contribution in [0.25, 0.3) is 11.1 Å². The van der Waals surface area contributed by atoms with Crippen molar-refractivity contribution in [2.24, 2.45) is 11.3 Å². The Morgan fingerprint density at radius 2 is 1.46 bits per heavy atom. The van der Waals surface area contributed by atoms with Crippen LogP contribution >= 0.6 is 11.8 Å². The molecule has 3 heterocycles. The molecule has 2 aliphatic rings. The highest BCUT2D eigenvalue weighted by molar-refractivity contribution is 8.00. The van der Waals surface area contributed by atoms with Crippen molar-refractivity contribution in [2.45, 2.75) is 78.6 Å². The summed E-state index contributed by atoms with van der Waals surface area (Å²) < 4.78 is 59.5. The third-order valence-corrected chi connectivity index (χ3v) is 13.0. The van der Waals surface area contributed by atoms with Crippen molar-refractivity contribution < 1.29 is 71.1 Å². The lowest BCUT2D eigenvalue weighted by atomic mass is 9.82. The van der Waals surface area contributed by atoms with E-state index in [1.807, 2.05) is 55.7 Å². The van der Waals surface area contributed by atoms with Crippen molar-refractivity contribution in [1.29, 1.82) is 0 Å². The number of carboxylic acid groups (broad SMARTS) is 1. The van der Waals surface area contributed by atoms with Crippen molar-refractivity contribution in [3.05, 3.63) is 95.8 Å². The number of carbonyl (C=O) groups is 7. The number of hydrogen-bond donors (Lipinski definition) is 3. The molecule has 416 valence electrons. The molecule has 0 spiro atoms. The van der Waals surface area contributed by atoms with Gasteiger partial charge in [0.15, 0.2) is 0 Å². The number of rotatable bonds is 30. The van der Waals surface area contributed by atoms with Gasteiger partial charge in [-0.2, -0.15) is 0 Å². The molecule has 3 atom stereocenters. The zero-order chi connectivity index (χ0) is 55.4. The molecule has 0 saturated carbocycles. The monoisotopic (exact) mass is 1080 g/mol. The highest BCUT2D eigenvalue weighted by Gasteiger charge is 2.40. The molecule has 6 amide bonds. The fraction of sp³-hybridized carbons (Fsp3) is 0.537. The van der Waals surface area contributed by atoms with Crippen LogP contribution in [0.5, 0.6) is 0 Å². The Labute approximate surface area is 446 Å². The summed E-state index contributed by atoms with van der Waals surface area (Å²) in [6, 6.07) is 12.7. The normalized spacial score (nSPS) is 15.5. The van der Waals surface area contributed by atoms with Crippen LogP contribution in [0.2, 0.25) is 0 Å². The van der Waals surface area contributed by atoms with E-state index in [1.165, 1.54) is 0 Å². The van der Waals surface area contributed by atoms with Gasteiger partial charge in [-0.15, -0.1) is 11.8 Å². The number of halogens is 2. The lowest BCUT2D eigenvalue weighted by Crippen LogP contribution is -2.46. The first-order chi connectivity index (χ1) is 36.1. The van der Waals surface area contributed by atoms with Gasteiger partial charge in [0.05, 0.1) is 64.6 Å². The standard InChI is InChI=1S/C54H72F2N6O13S/c1-53(2,3)50(44-28-39(41-29-40(55)12-13-42(41)56)33-60(44)30-37-10-8-7-9-11-37)62(32-38-16-19-59(31-38)52(70)75-54(4,5)6)49(67)36-76-35-43(51(68)69)58-45(63)17-20-71-22-24-73-26-27-74-25-23-72-21-18-57-46(64)34-61-47(65)14-15-48(61)66/h7-15,28-29,33,38,43,50H,16-27,30-32,34-36H2,1-6H3,(H,57,64)(H,58,63)(H,68,69)/t38-,43?,50?/m0/s1. The van der Waals surface area contributed by atoms with Crippen molar-refractivity contribution >= 4 is 53.4 Å². The van der Waals surface area contributed by atoms with Gasteiger partial charge in [0.25, 0.3) is 11.8 Å². The number of nitrogens with one attached hydrogen (secondary N) is 2. The smallest absolute Gasteiger partial charge is 0.410 e. The predicted octanol–water partition coefficient (Wildman–Crippen LogP) is 5.45. The Balaban J connectivity index is 1.12. The quantitative estimate of drug-likeness (QED) is 0.0558. The van der Waals surface area contributed by atoms with Crippen molar-refractivity contribution in [3.8, 4) is 11.1 Å². The maximum atomic E-state index is 15.4. The van der Waals surface area contributed by atoms with E-state index in [2.05, 4.69) is 10.6 Å². The van der Waals surface area contributed by atoms with Gasteiger partial charge in [0, 0.05) is 80.1 Å². The summed E-state index contributed by atoms with van der Waals surface area (Å²) in [5.74, 6) is -5.36. The molecule has 19 nitrogen and oxygen atoms in total. The number of aliphatic carboxylic acids is 1. The zero-order valence-electron chi connectivity index (χ0n) is 44.2. The number of ether oxygens (including phenoxy) is 5. The van der Waals surface area contributed by atoms with Crippen LogP contribution in [0, 0.1) is 23.0 Å². The molecule has 0 aliphatic carbocycles. The second kappa shape index (κ2) is 29.4. The lowest BCUT2D eigenvalue weighted by Gasteiger charge is -2.42. The zero-order valence-corrected chi connectivity index (χ0v) is 45.0. The molecule has 3 N–H and O–H groups in total. The average Bonchev–Trinajstić information content (AvgIpc) is 4.08. The number of nitrogens with zero attached hydrogens (tertiary/aromatic N) is 4. The molecule has 1 fully saturated rings. The molecule has 0 bridgehead atoms. The first-order valence-corrected chi connectivity index (χ1v) is 26.4. The number of thioether (sulfide) groups is 1. The maximum Gasteiger partial charge on any atom is 0.410 e. The number of carboxylic acids is 1. The Kier molecular flexibility index (Phi) is 23.4. The molecule has 3 aromatic rings. The summed E-state index contributed by atoms with van der Waals surface area (Å²) in [4.78, 5) is 92.5. The van der Waals surface area contributed by atoms with E-state index in [4.69, 9.17) is 23.7 Å². The second-order valence-corrected chi connectivity index (χ2v) is 21.4. The minimum absolute atomic E-state index is 0.00239. The van der Waals surface area contributed by atoms with E-state index in [0.29, 0.717) is 37.3 Å². The molecular weight excluding hydrogens is 1010 g/mol. The summed E-state index contributed by atoms with van der Waals surface area (Å²) >= 11 is 1.06. The Hall–Kier alpha value is -6.20. The Morgan fingerprint density at radius 1 is 0.829 bits per heavy atom. The molecule has 22 heteroatoms. The van der Waals surface area contributed by atoms with Gasteiger partial charge in [0.2, 0.25) is 17.7 Å². The molecule has 2 aromatic carbocycles. The van der Waals surface area contributed by atoms with E-state index in [-0.39, 0.29) is 108 Å². The summed E-state index contributed by atoms with van der Waals surface area (Å²) in [5.41, 5.74) is 0.725. The molecule has 76 heavy (non-hydrogen) atoms. The third kappa shape index (κ3) is 19.7. The number of carbonyl (C=O) groups excluding carboxylic acids is 6. The van der Waals surface area contributed by atoms with Crippen LogP contribution in [0.1, 0.15) is 71.7 Å². The molecular formula is C54H72F2N6O13S. The Bertz CT molecular complexity index is 2460. The summed E-state index contributed by atoms with van der Waals surface area (Å²) in [6.45, 7) is 14.2. The molecule has 0 radical (unpaired) electrons. The Morgan fingerprint density at radius 3 is 2.08 bits per heavy atom. The van der Waals surface area contributed by atoms with Gasteiger partial charge in [-0.25, -0.2) is 18.4 Å². The molecule has 2 aliphatic heterocycles. The number of aromatic nitrogens is 1. The van der Waals surface area contributed by atoms with Gasteiger partial charge in [0.1, 0.15) is 29.8 Å². The number of likely N-dealkylation sites (tertiary alicyclic amines) is 1. The first kappa shape index (κ1) is 60.7. The van der Waals surface area contributed by atoms with Gasteiger partial charge in [-0.3, -0.25) is 28.9 Å². The lowest BCUT2D eigenvalue weighted by molar-refractivity contribution is -0.141. The molecule has 5 rings (SSSR count). The SMILES string of the molecule is CC(C)(C)OC(=O)N1CC[C@H](CN(C(=O)CSCC(NC(=O)CCOCCOCCOCCOCCNC(=O)CN2C(=O)C=CC2=O)C(=O)O)C(c2cc(-c3cc(F)ccc3F)cn2Cc2ccccc2)C(C)(C)C)C1. The van der Waals surface area contributed by atoms with Crippen LogP contribution in [-0.2, 0) is 59.0 Å². The van der Waals surface area contributed by atoms with Gasteiger partial charge in [-0.1, -0.05) is 51.1 Å². The van der Waals surface area contributed by atoms with Crippen LogP contribution in [-0.4, -0.2) is 175 Å². The summed E-state index contributed by atoms with van der Waals surface area (Å²) in [5, 5.41) is 15.2. The average molecular weight is 1080 g/mol. The van der Waals surface area contributed by atoms with Crippen molar-refractivity contribution in [2.75, 3.05) is 97.1 Å². The van der Waals surface area contributed by atoms with E-state index < -0.39 is 70.4 Å². The van der Waals surface area contributed by atoms with Crippen LogP contribution in [0.15, 0.2) is 72.9 Å². The van der Waals surface area contributed by atoms with E-state index in [0.717, 1.165) is 52.6 Å². The maximum absolute atomic E-state index is 15.4. The topological polar surface area (TPSA) is 225 Å². The van der Waals surface area contributed by atoms with Gasteiger partial charge >= 0.3 is 12.1 Å². The number of hydrogen-bond acceptors (Lipinski definition) is 13. The highest BCUT2D eigenvalue weighted by atomic mass is 32.2. The minimum atomic E-state index is -1.32. The van der Waals surface area contributed by atoms with Gasteiger partial charge < -0.3 is 53.8 Å². The van der Waals surface area contributed by atoms with E-state index in [1.54, 1.807) is 42.8 Å². The first-order valence-electron chi connectivity index (χ1n) is 25.3. The number of imide groups is 1. The number of benzene rings is 2. The highest BCUT2D eigenvalue weighted by Crippen LogP contribution is 2.42. The fourth-order valence-electron chi connectivity index (χ4n) is 8.48. The van der Waals surface area contributed by atoms with Crippen LogP contribution in [0.4, 0.5) is 13.6 Å². The molecule has 1 aromatic heterocycles. The van der Waals surface area contributed by atoms with Crippen LogP contribution in [0.3, 0.4) is 0 Å². The predicted molar refractivity (Wildman–Crippen MR) is 279 cm³/mol. The van der Waals surface area contributed by atoms with E-state index in [9.17, 15) is 43.1 Å². The molecule has 1 saturated heterocycles. The summed E-state index contributed by atoms with van der Waals surface area (Å²) in [7, 11) is 0.